The van der Waals surface area contributed by atoms with Crippen molar-refractivity contribution in [2.24, 2.45) is 17.8 Å². The number of allylic oxidation sites excluding steroid dienone is 2. The third kappa shape index (κ3) is 2.42. The normalized spacial score (nSPS) is 29.8. The highest BCUT2D eigenvalue weighted by molar-refractivity contribution is 9.10. The molecule has 2 aliphatic carbocycles. The lowest BCUT2D eigenvalue weighted by atomic mass is 9.87. The molecule has 4 heteroatoms. The number of nitrogens with one attached hydrogen (secondary N) is 1. The van der Waals surface area contributed by atoms with Gasteiger partial charge in [-0.1, -0.05) is 12.2 Å². The molecule has 0 amide bonds. The van der Waals surface area contributed by atoms with Crippen molar-refractivity contribution < 1.29 is 8.78 Å². The fraction of sp³-hybridized carbons (Fsp3) is 0.467. The number of hydrogen-bond acceptors (Lipinski definition) is 1. The van der Waals surface area contributed by atoms with Gasteiger partial charge in [0.15, 0.2) is 0 Å². The molecule has 0 aromatic heterocycles. The van der Waals surface area contributed by atoms with Crippen LogP contribution < -0.4 is 5.32 Å². The van der Waals surface area contributed by atoms with E-state index >= 15 is 0 Å². The van der Waals surface area contributed by atoms with Crippen LogP contribution in [0, 0.1) is 29.4 Å². The second-order valence-electron chi connectivity index (χ2n) is 5.62. The molecule has 1 saturated carbocycles. The molecular weight excluding hydrogens is 312 g/mol. The predicted molar refractivity (Wildman–Crippen MR) is 76.0 cm³/mol. The minimum absolute atomic E-state index is 0.148. The fourth-order valence-corrected chi connectivity index (χ4v) is 3.70. The Morgan fingerprint density at radius 3 is 2.63 bits per heavy atom. The van der Waals surface area contributed by atoms with Crippen molar-refractivity contribution in [3.05, 3.63) is 40.4 Å². The molecule has 1 nitrogen and oxygen atoms in total. The third-order valence-corrected chi connectivity index (χ3v) is 4.97. The summed E-state index contributed by atoms with van der Waals surface area (Å²) in [5.74, 6) is 0.936. The van der Waals surface area contributed by atoms with Gasteiger partial charge in [0.25, 0.3) is 0 Å². The quantitative estimate of drug-likeness (QED) is 0.624. The Morgan fingerprint density at radius 2 is 2.00 bits per heavy atom. The van der Waals surface area contributed by atoms with Crippen LogP contribution in [-0.4, -0.2) is 6.04 Å². The summed E-state index contributed by atoms with van der Waals surface area (Å²) in [5, 5.41) is 3.14. The Balaban J connectivity index is 1.75. The molecule has 4 atom stereocenters. The number of hydrogen-bond donors (Lipinski definition) is 1. The summed E-state index contributed by atoms with van der Waals surface area (Å²) in [6, 6.07) is 2.54. The molecule has 1 aromatic carbocycles. The van der Waals surface area contributed by atoms with Gasteiger partial charge in [-0.25, -0.2) is 8.78 Å². The van der Waals surface area contributed by atoms with Gasteiger partial charge in [-0.05, 0) is 59.5 Å². The molecule has 1 N–H and O–H groups in total. The number of benzene rings is 1. The summed E-state index contributed by atoms with van der Waals surface area (Å²) in [5.41, 5.74) is 0.250. The molecule has 2 bridgehead atoms. The first-order valence-corrected chi connectivity index (χ1v) is 7.43. The summed E-state index contributed by atoms with van der Waals surface area (Å²) in [6.07, 6.45) is 6.92. The second-order valence-corrected chi connectivity index (χ2v) is 6.48. The van der Waals surface area contributed by atoms with Gasteiger partial charge in [-0.2, -0.15) is 0 Å². The SMILES string of the molecule is CC(Nc1cc(F)c(Br)cc1F)C1CC2C=CC1C2. The van der Waals surface area contributed by atoms with Crippen molar-refractivity contribution >= 4 is 21.6 Å². The lowest BCUT2D eigenvalue weighted by Gasteiger charge is -2.27. The van der Waals surface area contributed by atoms with Crippen molar-refractivity contribution in [3.63, 3.8) is 0 Å². The minimum Gasteiger partial charge on any atom is -0.380 e. The van der Waals surface area contributed by atoms with E-state index in [-0.39, 0.29) is 16.2 Å². The highest BCUT2D eigenvalue weighted by Crippen LogP contribution is 2.45. The van der Waals surface area contributed by atoms with Gasteiger partial charge in [0, 0.05) is 12.1 Å². The molecule has 19 heavy (non-hydrogen) atoms. The second kappa shape index (κ2) is 4.89. The van der Waals surface area contributed by atoms with Crippen LogP contribution >= 0.6 is 15.9 Å². The Hall–Kier alpha value is -0.900. The van der Waals surface area contributed by atoms with E-state index in [9.17, 15) is 8.78 Å². The maximum absolute atomic E-state index is 13.8. The van der Waals surface area contributed by atoms with Gasteiger partial charge < -0.3 is 5.32 Å². The first-order chi connectivity index (χ1) is 9.04. The van der Waals surface area contributed by atoms with Crippen LogP contribution in [0.25, 0.3) is 0 Å². The maximum Gasteiger partial charge on any atom is 0.147 e. The van der Waals surface area contributed by atoms with E-state index in [2.05, 4.69) is 40.3 Å². The topological polar surface area (TPSA) is 12.0 Å². The van der Waals surface area contributed by atoms with Crippen LogP contribution in [-0.2, 0) is 0 Å². The van der Waals surface area contributed by atoms with E-state index in [0.717, 1.165) is 6.42 Å². The summed E-state index contributed by atoms with van der Waals surface area (Å²) in [4.78, 5) is 0. The zero-order valence-corrected chi connectivity index (χ0v) is 12.3. The van der Waals surface area contributed by atoms with Crippen LogP contribution in [0.3, 0.4) is 0 Å². The van der Waals surface area contributed by atoms with Crippen molar-refractivity contribution in [2.75, 3.05) is 5.32 Å². The molecular formula is C15H16BrF2N. The molecule has 2 aliphatic rings. The molecule has 102 valence electrons. The van der Waals surface area contributed by atoms with Crippen molar-refractivity contribution in [3.8, 4) is 0 Å². The van der Waals surface area contributed by atoms with E-state index in [0.29, 0.717) is 17.8 Å². The molecule has 0 radical (unpaired) electrons. The molecule has 3 rings (SSSR count). The van der Waals surface area contributed by atoms with Crippen molar-refractivity contribution in [1.29, 1.82) is 0 Å². The van der Waals surface area contributed by atoms with Crippen LogP contribution in [0.2, 0.25) is 0 Å². The minimum atomic E-state index is -0.441. The van der Waals surface area contributed by atoms with Crippen LogP contribution in [0.4, 0.5) is 14.5 Å². The van der Waals surface area contributed by atoms with Crippen molar-refractivity contribution in [1.82, 2.24) is 0 Å². The molecule has 0 heterocycles. The predicted octanol–water partition coefficient (Wildman–Crippen LogP) is 4.74. The Bertz CT molecular complexity index is 529. The lowest BCUT2D eigenvalue weighted by Crippen LogP contribution is -2.29. The summed E-state index contributed by atoms with van der Waals surface area (Å²) >= 11 is 2.99. The van der Waals surface area contributed by atoms with Gasteiger partial charge in [-0.15, -0.1) is 0 Å². The van der Waals surface area contributed by atoms with Crippen LogP contribution in [0.5, 0.6) is 0 Å². The maximum atomic E-state index is 13.8. The molecule has 1 aromatic rings. The van der Waals surface area contributed by atoms with Gasteiger partial charge in [0.05, 0.1) is 10.2 Å². The fourth-order valence-electron chi connectivity index (χ4n) is 3.38. The first kappa shape index (κ1) is 13.1. The van der Waals surface area contributed by atoms with E-state index in [4.69, 9.17) is 0 Å². The van der Waals surface area contributed by atoms with E-state index < -0.39 is 11.6 Å². The summed E-state index contributed by atoms with van der Waals surface area (Å²) in [7, 11) is 0. The lowest BCUT2D eigenvalue weighted by molar-refractivity contribution is 0.398. The van der Waals surface area contributed by atoms with Gasteiger partial charge >= 0.3 is 0 Å². The highest BCUT2D eigenvalue weighted by Gasteiger charge is 2.38. The van der Waals surface area contributed by atoms with Crippen molar-refractivity contribution in [2.45, 2.75) is 25.8 Å². The van der Waals surface area contributed by atoms with E-state index in [1.54, 1.807) is 0 Å². The van der Waals surface area contributed by atoms with Gasteiger partial charge in [0.1, 0.15) is 11.6 Å². The highest BCUT2D eigenvalue weighted by atomic mass is 79.9. The van der Waals surface area contributed by atoms with E-state index in [1.807, 2.05) is 0 Å². The molecule has 0 spiro atoms. The first-order valence-electron chi connectivity index (χ1n) is 6.64. The van der Waals surface area contributed by atoms with Gasteiger partial charge in [0.2, 0.25) is 0 Å². The molecule has 0 saturated heterocycles. The third-order valence-electron chi connectivity index (χ3n) is 4.37. The Kier molecular flexibility index (Phi) is 3.37. The zero-order chi connectivity index (χ0) is 13.6. The molecule has 4 unspecified atom stereocenters. The summed E-state index contributed by atoms with van der Waals surface area (Å²) in [6.45, 7) is 2.05. The monoisotopic (exact) mass is 327 g/mol. The van der Waals surface area contributed by atoms with Crippen LogP contribution in [0.15, 0.2) is 28.8 Å². The average molecular weight is 328 g/mol. The number of anilines is 1. The Morgan fingerprint density at radius 1 is 1.21 bits per heavy atom. The molecule has 0 aliphatic heterocycles. The smallest absolute Gasteiger partial charge is 0.147 e. The summed E-state index contributed by atoms with van der Waals surface area (Å²) < 4.78 is 27.4. The van der Waals surface area contributed by atoms with E-state index in [1.165, 1.54) is 18.6 Å². The zero-order valence-electron chi connectivity index (χ0n) is 10.7. The number of rotatable bonds is 3. The molecule has 1 fully saturated rings. The van der Waals surface area contributed by atoms with Crippen LogP contribution in [0.1, 0.15) is 19.8 Å². The number of fused-ring (bicyclic) bond motifs is 2. The Labute approximate surface area is 120 Å². The van der Waals surface area contributed by atoms with Gasteiger partial charge in [-0.3, -0.25) is 0 Å². The average Bonchev–Trinajstić information content (AvgIpc) is 2.98. The standard InChI is InChI=1S/C15H16BrF2N/c1-8(11-5-9-2-3-10(11)4-9)19-15-7-13(17)12(16)6-14(15)18/h2-3,6-11,19H,4-5H2,1H3. The largest absolute Gasteiger partial charge is 0.380 e. The number of halogens is 3.